The third kappa shape index (κ3) is 3.89. The number of hydrogen-bond donors (Lipinski definition) is 2. The lowest BCUT2D eigenvalue weighted by Gasteiger charge is -2.13. The van der Waals surface area contributed by atoms with Crippen molar-refractivity contribution in [2.75, 3.05) is 19.0 Å². The summed E-state index contributed by atoms with van der Waals surface area (Å²) in [6, 6.07) is 13.6. The van der Waals surface area contributed by atoms with E-state index in [1.165, 1.54) is 0 Å². The zero-order chi connectivity index (χ0) is 15.1. The van der Waals surface area contributed by atoms with Gasteiger partial charge in [-0.05, 0) is 31.2 Å². The summed E-state index contributed by atoms with van der Waals surface area (Å²) in [6.07, 6.45) is 0. The fraction of sp³-hybridized carbons (Fsp3) is 0.294. The number of nitrogens with one attached hydrogen (secondary N) is 1. The van der Waals surface area contributed by atoms with Crippen LogP contribution in [0, 0.1) is 0 Å². The fourth-order valence-electron chi connectivity index (χ4n) is 2.16. The Labute approximate surface area is 125 Å². The van der Waals surface area contributed by atoms with Gasteiger partial charge in [-0.25, -0.2) is 0 Å². The SMILES string of the molecule is CCOc1ccccc1CNc1ccc(OC)c(CO)c1. The molecule has 112 valence electrons. The van der Waals surface area contributed by atoms with Gasteiger partial charge in [-0.15, -0.1) is 0 Å². The molecule has 0 spiro atoms. The van der Waals surface area contributed by atoms with Gasteiger partial charge in [0.15, 0.2) is 0 Å². The number of para-hydroxylation sites is 1. The lowest BCUT2D eigenvalue weighted by molar-refractivity contribution is 0.274. The number of rotatable bonds is 7. The molecule has 0 saturated carbocycles. The Morgan fingerprint density at radius 1 is 1.05 bits per heavy atom. The van der Waals surface area contributed by atoms with Gasteiger partial charge in [0.1, 0.15) is 11.5 Å². The van der Waals surface area contributed by atoms with E-state index in [0.29, 0.717) is 18.9 Å². The summed E-state index contributed by atoms with van der Waals surface area (Å²) >= 11 is 0. The van der Waals surface area contributed by atoms with Crippen LogP contribution in [0.5, 0.6) is 11.5 Å². The largest absolute Gasteiger partial charge is 0.496 e. The minimum absolute atomic E-state index is 0.0474. The quantitative estimate of drug-likeness (QED) is 0.821. The summed E-state index contributed by atoms with van der Waals surface area (Å²) in [4.78, 5) is 0. The second kappa shape index (κ2) is 7.55. The van der Waals surface area contributed by atoms with Gasteiger partial charge in [-0.3, -0.25) is 0 Å². The van der Waals surface area contributed by atoms with Gasteiger partial charge >= 0.3 is 0 Å². The van der Waals surface area contributed by atoms with Crippen LogP contribution in [0.1, 0.15) is 18.1 Å². The first kappa shape index (κ1) is 15.2. The number of aliphatic hydroxyl groups excluding tert-OH is 1. The number of hydrogen-bond acceptors (Lipinski definition) is 4. The normalized spacial score (nSPS) is 10.2. The van der Waals surface area contributed by atoms with E-state index in [1.807, 2.05) is 49.4 Å². The molecule has 2 aromatic rings. The Balaban J connectivity index is 2.09. The Hall–Kier alpha value is -2.20. The molecule has 0 amide bonds. The van der Waals surface area contributed by atoms with Crippen molar-refractivity contribution in [3.05, 3.63) is 53.6 Å². The summed E-state index contributed by atoms with van der Waals surface area (Å²) in [5.74, 6) is 1.58. The summed E-state index contributed by atoms with van der Waals surface area (Å²) in [6.45, 7) is 3.23. The van der Waals surface area contributed by atoms with E-state index in [1.54, 1.807) is 7.11 Å². The van der Waals surface area contributed by atoms with Crippen LogP contribution < -0.4 is 14.8 Å². The van der Waals surface area contributed by atoms with Gasteiger partial charge in [0.2, 0.25) is 0 Å². The first-order valence-electron chi connectivity index (χ1n) is 7.00. The molecular formula is C17H21NO3. The van der Waals surface area contributed by atoms with Crippen LogP contribution in [0.3, 0.4) is 0 Å². The zero-order valence-electron chi connectivity index (χ0n) is 12.4. The predicted octanol–water partition coefficient (Wildman–Crippen LogP) is 3.20. The van der Waals surface area contributed by atoms with Crippen LogP contribution >= 0.6 is 0 Å². The number of ether oxygens (including phenoxy) is 2. The monoisotopic (exact) mass is 287 g/mol. The molecule has 0 radical (unpaired) electrons. The molecule has 4 heteroatoms. The standard InChI is InChI=1S/C17H21NO3/c1-3-21-17-7-5-4-6-13(17)11-18-15-8-9-16(20-2)14(10-15)12-19/h4-10,18-19H,3,11-12H2,1-2H3. The van der Waals surface area contributed by atoms with Crippen LogP contribution in [0.4, 0.5) is 5.69 Å². The maximum atomic E-state index is 9.35. The van der Waals surface area contributed by atoms with E-state index in [0.717, 1.165) is 22.6 Å². The molecule has 0 atom stereocenters. The molecule has 0 aliphatic rings. The maximum Gasteiger partial charge on any atom is 0.124 e. The van der Waals surface area contributed by atoms with Crippen LogP contribution in [0.2, 0.25) is 0 Å². The van der Waals surface area contributed by atoms with E-state index >= 15 is 0 Å². The van der Waals surface area contributed by atoms with Gasteiger partial charge in [0.05, 0.1) is 20.3 Å². The lowest BCUT2D eigenvalue weighted by atomic mass is 10.1. The Morgan fingerprint density at radius 2 is 1.86 bits per heavy atom. The summed E-state index contributed by atoms with van der Waals surface area (Å²) in [5, 5.41) is 12.7. The molecule has 4 nitrogen and oxygen atoms in total. The van der Waals surface area contributed by atoms with Crippen molar-refractivity contribution in [3.8, 4) is 11.5 Å². The highest BCUT2D eigenvalue weighted by Crippen LogP contribution is 2.24. The van der Waals surface area contributed by atoms with Crippen LogP contribution in [0.15, 0.2) is 42.5 Å². The van der Waals surface area contributed by atoms with Crippen LogP contribution in [-0.4, -0.2) is 18.8 Å². The van der Waals surface area contributed by atoms with Gasteiger partial charge in [-0.2, -0.15) is 0 Å². The van der Waals surface area contributed by atoms with Crippen molar-refractivity contribution in [1.82, 2.24) is 0 Å². The Bertz CT molecular complexity index is 584. The fourth-order valence-corrected chi connectivity index (χ4v) is 2.16. The number of methoxy groups -OCH3 is 1. The van der Waals surface area contributed by atoms with Crippen molar-refractivity contribution < 1.29 is 14.6 Å². The van der Waals surface area contributed by atoms with E-state index < -0.39 is 0 Å². The number of benzene rings is 2. The second-order valence-corrected chi connectivity index (χ2v) is 4.58. The molecule has 0 saturated heterocycles. The second-order valence-electron chi connectivity index (χ2n) is 4.58. The van der Waals surface area contributed by atoms with Crippen molar-refractivity contribution in [1.29, 1.82) is 0 Å². The first-order chi connectivity index (χ1) is 10.3. The Kier molecular flexibility index (Phi) is 5.46. The molecule has 21 heavy (non-hydrogen) atoms. The highest BCUT2D eigenvalue weighted by molar-refractivity contribution is 5.52. The average Bonchev–Trinajstić information content (AvgIpc) is 2.54. The minimum Gasteiger partial charge on any atom is -0.496 e. The molecular weight excluding hydrogens is 266 g/mol. The zero-order valence-corrected chi connectivity index (χ0v) is 12.4. The maximum absolute atomic E-state index is 9.35. The Morgan fingerprint density at radius 3 is 2.57 bits per heavy atom. The molecule has 2 rings (SSSR count). The van der Waals surface area contributed by atoms with E-state index in [9.17, 15) is 5.11 Å². The van der Waals surface area contributed by atoms with Gasteiger partial charge in [0, 0.05) is 23.4 Å². The van der Waals surface area contributed by atoms with Gasteiger partial charge in [0.25, 0.3) is 0 Å². The van der Waals surface area contributed by atoms with E-state index in [-0.39, 0.29) is 6.61 Å². The molecule has 0 bridgehead atoms. The van der Waals surface area contributed by atoms with E-state index in [2.05, 4.69) is 5.32 Å². The number of anilines is 1. The summed E-state index contributed by atoms with van der Waals surface area (Å²) in [5.41, 5.74) is 2.80. The minimum atomic E-state index is -0.0474. The lowest BCUT2D eigenvalue weighted by Crippen LogP contribution is -2.04. The van der Waals surface area contributed by atoms with Crippen molar-refractivity contribution >= 4 is 5.69 Å². The van der Waals surface area contributed by atoms with Crippen LogP contribution in [-0.2, 0) is 13.2 Å². The van der Waals surface area contributed by atoms with Crippen molar-refractivity contribution in [2.45, 2.75) is 20.1 Å². The van der Waals surface area contributed by atoms with Gasteiger partial charge in [-0.1, -0.05) is 18.2 Å². The smallest absolute Gasteiger partial charge is 0.124 e. The number of aliphatic hydroxyl groups is 1. The van der Waals surface area contributed by atoms with Gasteiger partial charge < -0.3 is 19.9 Å². The molecule has 0 aliphatic heterocycles. The molecule has 0 heterocycles. The van der Waals surface area contributed by atoms with E-state index in [4.69, 9.17) is 9.47 Å². The molecule has 0 aliphatic carbocycles. The summed E-state index contributed by atoms with van der Waals surface area (Å²) in [7, 11) is 1.60. The molecule has 0 unspecified atom stereocenters. The average molecular weight is 287 g/mol. The van der Waals surface area contributed by atoms with Crippen molar-refractivity contribution in [2.24, 2.45) is 0 Å². The topological polar surface area (TPSA) is 50.7 Å². The summed E-state index contributed by atoms with van der Waals surface area (Å²) < 4.78 is 10.8. The third-order valence-electron chi connectivity index (χ3n) is 3.21. The third-order valence-corrected chi connectivity index (χ3v) is 3.21. The first-order valence-corrected chi connectivity index (χ1v) is 7.00. The van der Waals surface area contributed by atoms with Crippen LogP contribution in [0.25, 0.3) is 0 Å². The highest BCUT2D eigenvalue weighted by atomic mass is 16.5. The highest BCUT2D eigenvalue weighted by Gasteiger charge is 2.05. The predicted molar refractivity (Wildman–Crippen MR) is 83.9 cm³/mol. The molecule has 2 aromatic carbocycles. The molecule has 0 fully saturated rings. The molecule has 0 aromatic heterocycles. The molecule has 2 N–H and O–H groups in total. The van der Waals surface area contributed by atoms with Crippen molar-refractivity contribution in [3.63, 3.8) is 0 Å².